The van der Waals surface area contributed by atoms with Gasteiger partial charge in [0.25, 0.3) is 0 Å². The maximum absolute atomic E-state index is 5.75. The molecule has 1 aliphatic carbocycles. The Morgan fingerprint density at radius 1 is 1.40 bits per heavy atom. The fourth-order valence-electron chi connectivity index (χ4n) is 2.00. The first-order valence-corrected chi connectivity index (χ1v) is 6.88. The summed E-state index contributed by atoms with van der Waals surface area (Å²) in [6, 6.07) is 4.28. The standard InChI is InChI=1S/C14H19ClN4.HI/c1-16-14(19-12-4-2-3-5-12)17-9-8-11-6-7-13(15)18-10-11;/h2-3,6-7,10,12H,4-5,8-9H2,1H3,(H2,16,17,19);1H. The topological polar surface area (TPSA) is 49.3 Å². The molecule has 0 aromatic carbocycles. The second-order valence-electron chi connectivity index (χ2n) is 4.52. The van der Waals surface area contributed by atoms with Crippen molar-refractivity contribution in [2.24, 2.45) is 4.99 Å². The maximum atomic E-state index is 5.75. The van der Waals surface area contributed by atoms with E-state index < -0.39 is 0 Å². The van der Waals surface area contributed by atoms with Gasteiger partial charge in [-0.3, -0.25) is 4.99 Å². The van der Waals surface area contributed by atoms with Crippen molar-refractivity contribution >= 4 is 41.5 Å². The van der Waals surface area contributed by atoms with Gasteiger partial charge in [-0.05, 0) is 30.9 Å². The summed E-state index contributed by atoms with van der Waals surface area (Å²) in [6.45, 7) is 0.823. The molecule has 0 fully saturated rings. The van der Waals surface area contributed by atoms with E-state index in [9.17, 15) is 0 Å². The summed E-state index contributed by atoms with van der Waals surface area (Å²) in [4.78, 5) is 8.29. The number of halogens is 2. The summed E-state index contributed by atoms with van der Waals surface area (Å²) in [7, 11) is 1.79. The zero-order valence-corrected chi connectivity index (χ0v) is 14.6. The van der Waals surface area contributed by atoms with E-state index in [-0.39, 0.29) is 24.0 Å². The maximum Gasteiger partial charge on any atom is 0.191 e. The lowest BCUT2D eigenvalue weighted by Crippen LogP contribution is -2.43. The first-order valence-electron chi connectivity index (χ1n) is 6.50. The van der Waals surface area contributed by atoms with E-state index in [0.29, 0.717) is 11.2 Å². The van der Waals surface area contributed by atoms with Crippen LogP contribution in [0.25, 0.3) is 0 Å². The molecule has 0 unspecified atom stereocenters. The molecule has 4 nitrogen and oxygen atoms in total. The number of hydrogen-bond donors (Lipinski definition) is 2. The molecule has 1 heterocycles. The van der Waals surface area contributed by atoms with Crippen LogP contribution >= 0.6 is 35.6 Å². The van der Waals surface area contributed by atoms with Gasteiger partial charge in [-0.2, -0.15) is 0 Å². The van der Waals surface area contributed by atoms with Crippen LogP contribution in [0.1, 0.15) is 18.4 Å². The van der Waals surface area contributed by atoms with Crippen molar-refractivity contribution in [2.75, 3.05) is 13.6 Å². The minimum absolute atomic E-state index is 0. The average Bonchev–Trinajstić information content (AvgIpc) is 2.93. The lowest BCUT2D eigenvalue weighted by molar-refractivity contribution is 0.633. The van der Waals surface area contributed by atoms with Crippen LogP contribution in [0.3, 0.4) is 0 Å². The monoisotopic (exact) mass is 406 g/mol. The van der Waals surface area contributed by atoms with E-state index in [1.807, 2.05) is 12.1 Å². The Morgan fingerprint density at radius 2 is 2.15 bits per heavy atom. The summed E-state index contributed by atoms with van der Waals surface area (Å²) in [5.41, 5.74) is 1.16. The molecule has 1 aromatic rings. The summed E-state index contributed by atoms with van der Waals surface area (Å²) >= 11 is 5.75. The van der Waals surface area contributed by atoms with Crippen LogP contribution in [-0.4, -0.2) is 30.6 Å². The minimum Gasteiger partial charge on any atom is -0.356 e. The number of rotatable bonds is 4. The largest absolute Gasteiger partial charge is 0.356 e. The molecule has 0 amide bonds. The SMILES string of the molecule is CN=C(NCCc1ccc(Cl)nc1)NC1CC=CC1.I. The second kappa shape index (κ2) is 9.18. The van der Waals surface area contributed by atoms with E-state index in [1.165, 1.54) is 0 Å². The van der Waals surface area contributed by atoms with Gasteiger partial charge in [0.1, 0.15) is 5.15 Å². The number of aliphatic imine (C=N–C) groups is 1. The van der Waals surface area contributed by atoms with Crippen molar-refractivity contribution in [1.29, 1.82) is 0 Å². The van der Waals surface area contributed by atoms with E-state index in [4.69, 9.17) is 11.6 Å². The minimum atomic E-state index is 0. The fraction of sp³-hybridized carbons (Fsp3) is 0.429. The Balaban J connectivity index is 0.00000200. The molecule has 0 radical (unpaired) electrons. The molecule has 0 saturated carbocycles. The lowest BCUT2D eigenvalue weighted by atomic mass is 10.2. The zero-order chi connectivity index (χ0) is 13.5. The molecule has 0 atom stereocenters. The Bertz CT molecular complexity index is 451. The predicted molar refractivity (Wildman–Crippen MR) is 95.0 cm³/mol. The van der Waals surface area contributed by atoms with Crippen molar-refractivity contribution in [1.82, 2.24) is 15.6 Å². The summed E-state index contributed by atoms with van der Waals surface area (Å²) in [5, 5.41) is 7.24. The van der Waals surface area contributed by atoms with Gasteiger partial charge < -0.3 is 10.6 Å². The first-order chi connectivity index (χ1) is 9.28. The third-order valence-electron chi connectivity index (χ3n) is 3.07. The van der Waals surface area contributed by atoms with Crippen LogP contribution in [-0.2, 0) is 6.42 Å². The number of pyridine rings is 1. The Morgan fingerprint density at radius 3 is 2.75 bits per heavy atom. The van der Waals surface area contributed by atoms with Crippen LogP contribution < -0.4 is 10.6 Å². The van der Waals surface area contributed by atoms with Gasteiger partial charge in [0.15, 0.2) is 5.96 Å². The Kier molecular flexibility index (Phi) is 7.91. The summed E-state index contributed by atoms with van der Waals surface area (Å²) < 4.78 is 0. The van der Waals surface area contributed by atoms with Gasteiger partial charge in [-0.1, -0.05) is 29.8 Å². The first kappa shape index (κ1) is 17.2. The van der Waals surface area contributed by atoms with Crippen LogP contribution in [0.15, 0.2) is 35.5 Å². The van der Waals surface area contributed by atoms with Gasteiger partial charge in [0, 0.05) is 25.8 Å². The molecule has 0 saturated heterocycles. The number of guanidine groups is 1. The van der Waals surface area contributed by atoms with E-state index in [2.05, 4.69) is 32.8 Å². The number of aromatic nitrogens is 1. The Labute approximate surface area is 142 Å². The number of nitrogens with one attached hydrogen (secondary N) is 2. The summed E-state index contributed by atoms with van der Waals surface area (Å²) in [6.07, 6.45) is 9.24. The number of nitrogens with zero attached hydrogens (tertiary/aromatic N) is 2. The van der Waals surface area contributed by atoms with Crippen LogP contribution in [0, 0.1) is 0 Å². The van der Waals surface area contributed by atoms with Crippen molar-refractivity contribution in [3.05, 3.63) is 41.2 Å². The predicted octanol–water partition coefficient (Wildman–Crippen LogP) is 2.78. The highest BCUT2D eigenvalue weighted by atomic mass is 127. The van der Waals surface area contributed by atoms with Gasteiger partial charge in [-0.25, -0.2) is 4.98 Å². The molecule has 0 bridgehead atoms. The molecule has 1 aromatic heterocycles. The highest BCUT2D eigenvalue weighted by molar-refractivity contribution is 14.0. The molecule has 20 heavy (non-hydrogen) atoms. The van der Waals surface area contributed by atoms with Crippen LogP contribution in [0.5, 0.6) is 0 Å². The zero-order valence-electron chi connectivity index (χ0n) is 11.5. The van der Waals surface area contributed by atoms with Gasteiger partial charge in [0.2, 0.25) is 0 Å². The highest BCUT2D eigenvalue weighted by Crippen LogP contribution is 2.08. The third kappa shape index (κ3) is 5.66. The molecular weight excluding hydrogens is 387 g/mol. The average molecular weight is 407 g/mol. The number of hydrogen-bond acceptors (Lipinski definition) is 2. The normalized spacial score (nSPS) is 15.0. The Hall–Kier alpha value is -0.820. The fourth-order valence-corrected chi connectivity index (χ4v) is 2.11. The van der Waals surface area contributed by atoms with Gasteiger partial charge >= 0.3 is 0 Å². The summed E-state index contributed by atoms with van der Waals surface area (Å²) in [5.74, 6) is 0.857. The highest BCUT2D eigenvalue weighted by Gasteiger charge is 2.11. The molecule has 1 aliphatic rings. The van der Waals surface area contributed by atoms with Crippen LogP contribution in [0.2, 0.25) is 5.15 Å². The molecule has 2 N–H and O–H groups in total. The molecule has 0 spiro atoms. The molecule has 6 heteroatoms. The van der Waals surface area contributed by atoms with E-state index >= 15 is 0 Å². The molecular formula is C14H20ClIN4. The third-order valence-corrected chi connectivity index (χ3v) is 3.29. The van der Waals surface area contributed by atoms with Crippen molar-refractivity contribution < 1.29 is 0 Å². The van der Waals surface area contributed by atoms with Crippen molar-refractivity contribution in [3.8, 4) is 0 Å². The van der Waals surface area contributed by atoms with Gasteiger partial charge in [-0.15, -0.1) is 24.0 Å². The van der Waals surface area contributed by atoms with E-state index in [0.717, 1.165) is 37.3 Å². The smallest absolute Gasteiger partial charge is 0.191 e. The van der Waals surface area contributed by atoms with E-state index in [1.54, 1.807) is 13.2 Å². The van der Waals surface area contributed by atoms with Gasteiger partial charge in [0.05, 0.1) is 0 Å². The molecule has 110 valence electrons. The van der Waals surface area contributed by atoms with Crippen LogP contribution in [0.4, 0.5) is 0 Å². The van der Waals surface area contributed by atoms with Crippen molar-refractivity contribution in [3.63, 3.8) is 0 Å². The lowest BCUT2D eigenvalue weighted by Gasteiger charge is -2.16. The second-order valence-corrected chi connectivity index (χ2v) is 4.91. The quantitative estimate of drug-likeness (QED) is 0.266. The molecule has 2 rings (SSSR count). The van der Waals surface area contributed by atoms with Crippen molar-refractivity contribution in [2.45, 2.75) is 25.3 Å². The molecule has 0 aliphatic heterocycles.